The minimum Gasteiger partial charge on any atom is -0.349 e. The number of nitrogens with zero attached hydrogens (tertiary/aromatic N) is 4. The zero-order valence-corrected chi connectivity index (χ0v) is 20.1. The number of benzene rings is 2. The maximum absolute atomic E-state index is 12.3. The van der Waals surface area contributed by atoms with E-state index < -0.39 is 0 Å². The summed E-state index contributed by atoms with van der Waals surface area (Å²) in [6.07, 6.45) is 5.10. The Hall–Kier alpha value is -3.12. The molecular formula is C27H34N4O2. The molecule has 1 aliphatic rings. The lowest BCUT2D eigenvalue weighted by Crippen LogP contribution is -2.36. The highest BCUT2D eigenvalue weighted by Gasteiger charge is 2.25. The number of rotatable bonds is 7. The van der Waals surface area contributed by atoms with Gasteiger partial charge in [0.2, 0.25) is 5.91 Å². The number of aromatic nitrogens is 1. The largest absolute Gasteiger partial charge is 0.349 e. The first kappa shape index (κ1) is 23.1. The van der Waals surface area contributed by atoms with Crippen molar-refractivity contribution in [2.75, 3.05) is 41.3 Å². The topological polar surface area (TPSA) is 48.8 Å². The molecule has 2 amide bonds. The van der Waals surface area contributed by atoms with Crippen LogP contribution in [0.15, 0.2) is 54.7 Å². The number of hydrogen-bond acceptors (Lipinski definition) is 3. The molecule has 174 valence electrons. The van der Waals surface area contributed by atoms with Gasteiger partial charge in [-0.2, -0.15) is 0 Å². The van der Waals surface area contributed by atoms with Gasteiger partial charge in [0.25, 0.3) is 5.91 Å². The van der Waals surface area contributed by atoms with Crippen LogP contribution in [0.25, 0.3) is 22.0 Å². The molecule has 1 fully saturated rings. The average Bonchev–Trinajstić information content (AvgIpc) is 3.43. The lowest BCUT2D eigenvalue weighted by molar-refractivity contribution is -0.129. The number of hydrogen-bond donors (Lipinski definition) is 0. The van der Waals surface area contributed by atoms with Crippen molar-refractivity contribution in [2.45, 2.75) is 31.8 Å². The molecular weight excluding hydrogens is 412 g/mol. The third-order valence-electron chi connectivity index (χ3n) is 6.64. The summed E-state index contributed by atoms with van der Waals surface area (Å²) in [7, 11) is 7.19. The van der Waals surface area contributed by atoms with Crippen LogP contribution >= 0.6 is 0 Å². The highest BCUT2D eigenvalue weighted by molar-refractivity contribution is 5.95. The summed E-state index contributed by atoms with van der Waals surface area (Å²) >= 11 is 0. The minimum atomic E-state index is 0.0116. The molecule has 0 spiro atoms. The Bertz CT molecular complexity index is 1150. The van der Waals surface area contributed by atoms with Crippen LogP contribution in [-0.4, -0.2) is 78.4 Å². The van der Waals surface area contributed by atoms with E-state index in [1.165, 1.54) is 23.7 Å². The van der Waals surface area contributed by atoms with Gasteiger partial charge in [-0.1, -0.05) is 18.2 Å². The molecule has 0 bridgehead atoms. The Morgan fingerprint density at radius 2 is 1.76 bits per heavy atom. The first-order valence-corrected chi connectivity index (χ1v) is 11.7. The van der Waals surface area contributed by atoms with Crippen LogP contribution in [0.1, 0.15) is 29.6 Å². The first-order valence-electron chi connectivity index (χ1n) is 11.7. The standard InChI is InChI=1S/C27H34N4O2/c1-28(2)26(32)13-16-30-14-6-9-24(30)19-31-15-12-22-17-21(10-11-25(22)31)20-7-5-8-23(18-20)27(33)29(3)4/h5,7-8,10-12,15,17-18,24H,6,9,13-14,16,19H2,1-4H3/t24-/m1/s1. The highest BCUT2D eigenvalue weighted by Crippen LogP contribution is 2.28. The SMILES string of the molecule is CN(C)C(=O)CCN1CCC[C@@H]1Cn1ccc2cc(-c3cccc(C(=O)N(C)C)c3)ccc21. The van der Waals surface area contributed by atoms with Crippen LogP contribution in [0.5, 0.6) is 0 Å². The third kappa shape index (κ3) is 5.11. The summed E-state index contributed by atoms with van der Waals surface area (Å²) in [6.45, 7) is 2.83. The van der Waals surface area contributed by atoms with Gasteiger partial charge < -0.3 is 14.4 Å². The van der Waals surface area contributed by atoms with Gasteiger partial charge in [-0.05, 0) is 60.8 Å². The van der Waals surface area contributed by atoms with Crippen molar-refractivity contribution >= 4 is 22.7 Å². The van der Waals surface area contributed by atoms with Crippen LogP contribution in [0.2, 0.25) is 0 Å². The molecule has 0 radical (unpaired) electrons. The lowest BCUT2D eigenvalue weighted by Gasteiger charge is -2.25. The highest BCUT2D eigenvalue weighted by atomic mass is 16.2. The molecule has 6 nitrogen and oxygen atoms in total. The zero-order valence-electron chi connectivity index (χ0n) is 20.1. The summed E-state index contributed by atoms with van der Waals surface area (Å²) in [4.78, 5) is 30.1. The first-order chi connectivity index (χ1) is 15.8. The molecule has 4 rings (SSSR count). The summed E-state index contributed by atoms with van der Waals surface area (Å²) in [5.74, 6) is 0.202. The van der Waals surface area contributed by atoms with E-state index in [1.54, 1.807) is 23.9 Å². The normalized spacial score (nSPS) is 16.3. The van der Waals surface area contributed by atoms with Gasteiger partial charge in [0.15, 0.2) is 0 Å². The maximum atomic E-state index is 12.3. The van der Waals surface area contributed by atoms with E-state index in [4.69, 9.17) is 0 Å². The monoisotopic (exact) mass is 446 g/mol. The Balaban J connectivity index is 1.50. The summed E-state index contributed by atoms with van der Waals surface area (Å²) in [6, 6.07) is 17.0. The molecule has 2 aromatic carbocycles. The Morgan fingerprint density at radius 3 is 2.52 bits per heavy atom. The maximum Gasteiger partial charge on any atom is 0.253 e. The van der Waals surface area contributed by atoms with Crippen molar-refractivity contribution in [2.24, 2.45) is 0 Å². The van der Waals surface area contributed by atoms with Crippen molar-refractivity contribution in [1.29, 1.82) is 0 Å². The second-order valence-electron chi connectivity index (χ2n) is 9.39. The molecule has 2 heterocycles. The van der Waals surface area contributed by atoms with Crippen LogP contribution in [0.4, 0.5) is 0 Å². The van der Waals surface area contributed by atoms with Gasteiger partial charge in [0, 0.05) is 76.4 Å². The predicted octanol–water partition coefficient (Wildman–Crippen LogP) is 3.95. The molecule has 3 aromatic rings. The van der Waals surface area contributed by atoms with Gasteiger partial charge >= 0.3 is 0 Å². The van der Waals surface area contributed by atoms with Gasteiger partial charge in [-0.15, -0.1) is 0 Å². The fourth-order valence-electron chi connectivity index (χ4n) is 4.72. The lowest BCUT2D eigenvalue weighted by atomic mass is 10.0. The molecule has 33 heavy (non-hydrogen) atoms. The molecule has 0 aliphatic carbocycles. The number of carbonyl (C=O) groups is 2. The molecule has 1 aliphatic heterocycles. The number of carbonyl (C=O) groups excluding carboxylic acids is 2. The van der Waals surface area contributed by atoms with E-state index in [0.29, 0.717) is 18.0 Å². The molecule has 0 saturated carbocycles. The van der Waals surface area contributed by atoms with E-state index >= 15 is 0 Å². The molecule has 6 heteroatoms. The van der Waals surface area contributed by atoms with Gasteiger partial charge in [0.1, 0.15) is 0 Å². The van der Waals surface area contributed by atoms with Gasteiger partial charge in [-0.25, -0.2) is 0 Å². The quantitative estimate of drug-likeness (QED) is 0.552. The number of likely N-dealkylation sites (tertiary alicyclic amines) is 1. The van der Waals surface area contributed by atoms with E-state index in [2.05, 4.69) is 46.0 Å². The predicted molar refractivity (Wildman–Crippen MR) is 133 cm³/mol. The average molecular weight is 447 g/mol. The third-order valence-corrected chi connectivity index (χ3v) is 6.64. The zero-order chi connectivity index (χ0) is 23.5. The van der Waals surface area contributed by atoms with Crippen LogP contribution in [-0.2, 0) is 11.3 Å². The minimum absolute atomic E-state index is 0.0116. The number of fused-ring (bicyclic) bond motifs is 1. The Kier molecular flexibility index (Phi) is 6.84. The number of amides is 2. The summed E-state index contributed by atoms with van der Waals surface area (Å²) < 4.78 is 2.34. The smallest absolute Gasteiger partial charge is 0.253 e. The van der Waals surface area contributed by atoms with Crippen molar-refractivity contribution in [3.8, 4) is 11.1 Å². The van der Waals surface area contributed by atoms with Crippen LogP contribution in [0, 0.1) is 0 Å². The second-order valence-corrected chi connectivity index (χ2v) is 9.39. The molecule has 1 saturated heterocycles. The van der Waals surface area contributed by atoms with Crippen molar-refractivity contribution < 1.29 is 9.59 Å². The van der Waals surface area contributed by atoms with E-state index in [-0.39, 0.29) is 11.8 Å². The molecule has 0 unspecified atom stereocenters. The van der Waals surface area contributed by atoms with Crippen molar-refractivity contribution in [3.63, 3.8) is 0 Å². The fourth-order valence-corrected chi connectivity index (χ4v) is 4.72. The van der Waals surface area contributed by atoms with Crippen molar-refractivity contribution in [1.82, 2.24) is 19.3 Å². The Labute approximate surface area is 196 Å². The van der Waals surface area contributed by atoms with Crippen molar-refractivity contribution in [3.05, 3.63) is 60.3 Å². The molecule has 1 aromatic heterocycles. The molecule has 1 atom stereocenters. The van der Waals surface area contributed by atoms with E-state index in [9.17, 15) is 9.59 Å². The fraction of sp³-hybridized carbons (Fsp3) is 0.407. The van der Waals surface area contributed by atoms with Crippen LogP contribution < -0.4 is 0 Å². The van der Waals surface area contributed by atoms with Gasteiger partial charge in [0.05, 0.1) is 0 Å². The Morgan fingerprint density at radius 1 is 0.970 bits per heavy atom. The molecule has 0 N–H and O–H groups in total. The second kappa shape index (κ2) is 9.79. The van der Waals surface area contributed by atoms with E-state index in [0.717, 1.165) is 30.8 Å². The summed E-state index contributed by atoms with van der Waals surface area (Å²) in [5, 5.41) is 1.20. The van der Waals surface area contributed by atoms with Gasteiger partial charge in [-0.3, -0.25) is 14.5 Å². The van der Waals surface area contributed by atoms with E-state index in [1.807, 2.05) is 32.3 Å². The van der Waals surface area contributed by atoms with Crippen LogP contribution in [0.3, 0.4) is 0 Å². The summed E-state index contributed by atoms with van der Waals surface area (Å²) in [5.41, 5.74) is 4.07.